The van der Waals surface area contributed by atoms with Gasteiger partial charge >= 0.3 is 0 Å². The van der Waals surface area contributed by atoms with Crippen molar-refractivity contribution in [2.45, 2.75) is 13.2 Å². The lowest BCUT2D eigenvalue weighted by molar-refractivity contribution is 0.281. The largest absolute Gasteiger partial charge is 0.457 e. The number of benzene rings is 2. The number of rotatable bonds is 5. The minimum atomic E-state index is 0.0535. The van der Waals surface area contributed by atoms with Crippen LogP contribution in [0.2, 0.25) is 0 Å². The summed E-state index contributed by atoms with van der Waals surface area (Å²) in [7, 11) is 1.92. The summed E-state index contributed by atoms with van der Waals surface area (Å²) >= 11 is 0. The number of hydrogen-bond acceptors (Lipinski definition) is 3. The van der Waals surface area contributed by atoms with Crippen molar-refractivity contribution in [1.29, 1.82) is 0 Å². The van der Waals surface area contributed by atoms with Crippen LogP contribution in [0, 0.1) is 0 Å². The molecule has 3 nitrogen and oxygen atoms in total. The predicted molar refractivity (Wildman–Crippen MR) is 71.6 cm³/mol. The zero-order valence-corrected chi connectivity index (χ0v) is 10.4. The van der Waals surface area contributed by atoms with Crippen LogP contribution < -0.4 is 10.1 Å². The third-order valence-corrected chi connectivity index (χ3v) is 2.62. The van der Waals surface area contributed by atoms with Crippen LogP contribution in [0.4, 0.5) is 0 Å². The minimum absolute atomic E-state index is 0.0535. The summed E-state index contributed by atoms with van der Waals surface area (Å²) in [6.45, 7) is 0.874. The highest BCUT2D eigenvalue weighted by molar-refractivity contribution is 5.35. The van der Waals surface area contributed by atoms with Gasteiger partial charge in [-0.25, -0.2) is 0 Å². The van der Waals surface area contributed by atoms with Gasteiger partial charge in [-0.15, -0.1) is 0 Å². The van der Waals surface area contributed by atoms with Gasteiger partial charge in [-0.1, -0.05) is 24.3 Å². The van der Waals surface area contributed by atoms with Gasteiger partial charge in [0.05, 0.1) is 6.61 Å². The number of hydrogen-bond donors (Lipinski definition) is 2. The molecule has 0 aromatic heterocycles. The molecule has 2 rings (SSSR count). The van der Waals surface area contributed by atoms with Gasteiger partial charge in [-0.3, -0.25) is 0 Å². The average Bonchev–Trinajstić information content (AvgIpc) is 2.40. The van der Waals surface area contributed by atoms with E-state index in [1.165, 1.54) is 5.56 Å². The molecule has 0 fully saturated rings. The van der Waals surface area contributed by atoms with Gasteiger partial charge in [-0.2, -0.15) is 0 Å². The zero-order valence-electron chi connectivity index (χ0n) is 10.4. The average molecular weight is 243 g/mol. The SMILES string of the molecule is CNCc1cccc(Oc2ccc(CO)cc2)c1. The first-order valence-electron chi connectivity index (χ1n) is 5.93. The maximum absolute atomic E-state index is 8.97. The molecule has 0 aliphatic rings. The van der Waals surface area contributed by atoms with Crippen molar-refractivity contribution >= 4 is 0 Å². The Morgan fingerprint density at radius 3 is 2.44 bits per heavy atom. The van der Waals surface area contributed by atoms with Crippen LogP contribution in [-0.4, -0.2) is 12.2 Å². The van der Waals surface area contributed by atoms with Gasteiger partial charge in [0.15, 0.2) is 0 Å². The molecule has 3 heteroatoms. The molecule has 0 heterocycles. The highest BCUT2D eigenvalue weighted by Gasteiger charge is 1.99. The first-order chi connectivity index (χ1) is 8.81. The molecular weight excluding hydrogens is 226 g/mol. The van der Waals surface area contributed by atoms with Crippen molar-refractivity contribution in [3.05, 3.63) is 59.7 Å². The van der Waals surface area contributed by atoms with Gasteiger partial charge in [-0.05, 0) is 42.4 Å². The molecule has 0 unspecified atom stereocenters. The van der Waals surface area contributed by atoms with E-state index >= 15 is 0 Å². The normalized spacial score (nSPS) is 10.3. The Morgan fingerprint density at radius 1 is 1.00 bits per heavy atom. The molecular formula is C15H17NO2. The lowest BCUT2D eigenvalue weighted by atomic mass is 10.2. The lowest BCUT2D eigenvalue weighted by Gasteiger charge is -2.08. The fraction of sp³-hybridized carbons (Fsp3) is 0.200. The molecule has 0 radical (unpaired) electrons. The van der Waals surface area contributed by atoms with E-state index in [-0.39, 0.29) is 6.61 Å². The molecule has 0 spiro atoms. The van der Waals surface area contributed by atoms with Crippen molar-refractivity contribution in [2.75, 3.05) is 7.05 Å². The zero-order chi connectivity index (χ0) is 12.8. The number of ether oxygens (including phenoxy) is 1. The first kappa shape index (κ1) is 12.6. The van der Waals surface area contributed by atoms with Crippen LogP contribution in [0.25, 0.3) is 0 Å². The van der Waals surface area contributed by atoms with Gasteiger partial charge in [0, 0.05) is 6.54 Å². The third kappa shape index (κ3) is 3.32. The van der Waals surface area contributed by atoms with Crippen LogP contribution in [-0.2, 0) is 13.2 Å². The Balaban J connectivity index is 2.09. The summed E-state index contributed by atoms with van der Waals surface area (Å²) in [5.74, 6) is 1.59. The van der Waals surface area contributed by atoms with E-state index in [1.54, 1.807) is 0 Å². The Kier molecular flexibility index (Phi) is 4.34. The molecule has 2 aromatic carbocycles. The van der Waals surface area contributed by atoms with E-state index in [9.17, 15) is 0 Å². The highest BCUT2D eigenvalue weighted by atomic mass is 16.5. The van der Waals surface area contributed by atoms with Crippen LogP contribution in [0.3, 0.4) is 0 Å². The van der Waals surface area contributed by atoms with Gasteiger partial charge in [0.25, 0.3) is 0 Å². The standard InChI is InChI=1S/C15H17NO2/c1-16-10-13-3-2-4-15(9-13)18-14-7-5-12(11-17)6-8-14/h2-9,16-17H,10-11H2,1H3. The summed E-state index contributed by atoms with van der Waals surface area (Å²) in [4.78, 5) is 0. The quantitative estimate of drug-likeness (QED) is 0.848. The van der Waals surface area contributed by atoms with Crippen LogP contribution in [0.1, 0.15) is 11.1 Å². The summed E-state index contributed by atoms with van der Waals surface area (Å²) in [6, 6.07) is 15.4. The van der Waals surface area contributed by atoms with Crippen molar-refractivity contribution in [3.63, 3.8) is 0 Å². The molecule has 2 N–H and O–H groups in total. The summed E-state index contributed by atoms with van der Waals surface area (Å²) in [5.41, 5.74) is 2.06. The number of aliphatic hydroxyl groups excluding tert-OH is 1. The number of nitrogens with one attached hydrogen (secondary N) is 1. The first-order valence-corrected chi connectivity index (χ1v) is 5.93. The molecule has 94 valence electrons. The monoisotopic (exact) mass is 243 g/mol. The Morgan fingerprint density at radius 2 is 1.78 bits per heavy atom. The molecule has 0 atom stereocenters. The second-order valence-corrected chi connectivity index (χ2v) is 4.08. The van der Waals surface area contributed by atoms with E-state index in [0.717, 1.165) is 23.6 Å². The Hall–Kier alpha value is -1.84. The van der Waals surface area contributed by atoms with Crippen molar-refractivity contribution in [2.24, 2.45) is 0 Å². The van der Waals surface area contributed by atoms with Gasteiger partial charge < -0.3 is 15.2 Å². The van der Waals surface area contributed by atoms with E-state index in [1.807, 2.05) is 49.5 Å². The minimum Gasteiger partial charge on any atom is -0.457 e. The van der Waals surface area contributed by atoms with E-state index in [0.29, 0.717) is 0 Å². The predicted octanol–water partition coefficient (Wildman–Crippen LogP) is 2.69. The number of aliphatic hydroxyl groups is 1. The maximum Gasteiger partial charge on any atom is 0.127 e. The topological polar surface area (TPSA) is 41.5 Å². The van der Waals surface area contributed by atoms with Crippen molar-refractivity contribution < 1.29 is 9.84 Å². The smallest absolute Gasteiger partial charge is 0.127 e. The molecule has 18 heavy (non-hydrogen) atoms. The summed E-state index contributed by atoms with van der Waals surface area (Å²) < 4.78 is 5.76. The van der Waals surface area contributed by atoms with Crippen LogP contribution in [0.15, 0.2) is 48.5 Å². The van der Waals surface area contributed by atoms with Crippen LogP contribution >= 0.6 is 0 Å². The maximum atomic E-state index is 8.97. The molecule has 0 amide bonds. The molecule has 0 saturated carbocycles. The van der Waals surface area contributed by atoms with E-state index in [4.69, 9.17) is 9.84 Å². The fourth-order valence-electron chi connectivity index (χ4n) is 1.72. The second-order valence-electron chi connectivity index (χ2n) is 4.08. The van der Waals surface area contributed by atoms with Crippen molar-refractivity contribution in [1.82, 2.24) is 5.32 Å². The third-order valence-electron chi connectivity index (χ3n) is 2.62. The second kappa shape index (κ2) is 6.19. The lowest BCUT2D eigenvalue weighted by Crippen LogP contribution is -2.04. The Bertz CT molecular complexity index is 494. The van der Waals surface area contributed by atoms with Crippen molar-refractivity contribution in [3.8, 4) is 11.5 Å². The Labute approximate surface area is 107 Å². The molecule has 0 aliphatic carbocycles. The molecule has 0 saturated heterocycles. The molecule has 0 aliphatic heterocycles. The van der Waals surface area contributed by atoms with E-state index in [2.05, 4.69) is 11.4 Å². The summed E-state index contributed by atoms with van der Waals surface area (Å²) in [5, 5.41) is 12.1. The fourth-order valence-corrected chi connectivity index (χ4v) is 1.72. The molecule has 0 bridgehead atoms. The van der Waals surface area contributed by atoms with E-state index < -0.39 is 0 Å². The highest BCUT2D eigenvalue weighted by Crippen LogP contribution is 2.22. The summed E-state index contributed by atoms with van der Waals surface area (Å²) in [6.07, 6.45) is 0. The van der Waals surface area contributed by atoms with Gasteiger partial charge in [0.1, 0.15) is 11.5 Å². The van der Waals surface area contributed by atoms with Gasteiger partial charge in [0.2, 0.25) is 0 Å². The molecule has 2 aromatic rings. The van der Waals surface area contributed by atoms with Crippen LogP contribution in [0.5, 0.6) is 11.5 Å².